The van der Waals surface area contributed by atoms with Crippen molar-refractivity contribution < 1.29 is 31.7 Å². The molecule has 0 aliphatic carbocycles. The van der Waals surface area contributed by atoms with Crippen molar-refractivity contribution in [2.24, 2.45) is 0 Å². The van der Waals surface area contributed by atoms with E-state index in [-0.39, 0.29) is 24.1 Å². The summed E-state index contributed by atoms with van der Waals surface area (Å²) in [6.07, 6.45) is -4.47. The van der Waals surface area contributed by atoms with Crippen LogP contribution >= 0.6 is 12.2 Å². The van der Waals surface area contributed by atoms with Gasteiger partial charge in [0.1, 0.15) is 0 Å². The summed E-state index contributed by atoms with van der Waals surface area (Å²) >= 11 is 3.58. The van der Waals surface area contributed by atoms with Gasteiger partial charge in [0.25, 0.3) is 0 Å². The van der Waals surface area contributed by atoms with Gasteiger partial charge in [0, 0.05) is 0 Å². The summed E-state index contributed by atoms with van der Waals surface area (Å²) < 4.78 is 36.2. The van der Waals surface area contributed by atoms with Crippen molar-refractivity contribution in [3.63, 3.8) is 0 Å². The Balaban J connectivity index is 0. The van der Waals surface area contributed by atoms with E-state index in [9.17, 15) is 13.2 Å². The van der Waals surface area contributed by atoms with Gasteiger partial charge < -0.3 is 18.1 Å². The number of rotatable bonds is 0. The minimum atomic E-state index is -4.47. The summed E-state index contributed by atoms with van der Waals surface area (Å²) in [6.45, 7) is 0. The zero-order valence-corrected chi connectivity index (χ0v) is 9.46. The molecule has 0 spiro atoms. The summed E-state index contributed by atoms with van der Waals surface area (Å²) in [5.41, 5.74) is -1.31. The Bertz CT molecular complexity index is 346. The minimum Gasteiger partial charge on any atom is -0.442 e. The zero-order chi connectivity index (χ0) is 11.2. The molecule has 0 fully saturated rings. The van der Waals surface area contributed by atoms with E-state index in [1.807, 2.05) is 0 Å². The largest absolute Gasteiger partial charge is 2.00 e. The Morgan fingerprint density at radius 3 is 2.27 bits per heavy atom. The van der Waals surface area contributed by atoms with Gasteiger partial charge in [-0.05, 0) is 11.1 Å². The van der Waals surface area contributed by atoms with Crippen LogP contribution in [-0.4, -0.2) is 5.87 Å². The predicted molar refractivity (Wildman–Crippen MR) is 48.7 cm³/mol. The molecule has 1 aromatic carbocycles. The molecule has 1 aromatic rings. The molecule has 0 atom stereocenters. The molecular weight excluding hydrogens is 262 g/mol. The first kappa shape index (κ1) is 16.6. The molecule has 1 nitrogen and oxygen atoms in total. The van der Waals surface area contributed by atoms with Crippen LogP contribution < -0.4 is 0 Å². The van der Waals surface area contributed by atoms with E-state index in [0.29, 0.717) is 0 Å². The summed E-state index contributed by atoms with van der Waals surface area (Å²) in [5.74, 6) is 4.08. The smallest absolute Gasteiger partial charge is 0.442 e. The van der Waals surface area contributed by atoms with E-state index in [1.165, 1.54) is 12.1 Å². The Hall–Kier alpha value is -0.826. The summed E-state index contributed by atoms with van der Waals surface area (Å²) in [7, 11) is 0. The molecule has 6 heteroatoms. The average Bonchev–Trinajstić information content (AvgIpc) is 2.19. The number of alkyl halides is 3. The van der Waals surface area contributed by atoms with Crippen LogP contribution in [0.4, 0.5) is 13.2 Å². The molecule has 1 rings (SSSR count). The van der Waals surface area contributed by atoms with E-state index < -0.39 is 11.7 Å². The van der Waals surface area contributed by atoms with E-state index in [2.05, 4.69) is 24.2 Å². The van der Waals surface area contributed by atoms with Crippen LogP contribution in [0, 0.1) is 17.4 Å². The molecule has 77 valence electrons. The van der Waals surface area contributed by atoms with Crippen molar-refractivity contribution >= 4 is 18.1 Å². The van der Waals surface area contributed by atoms with Crippen LogP contribution in [-0.2, 0) is 24.7 Å². The first-order valence-electron chi connectivity index (χ1n) is 3.26. The van der Waals surface area contributed by atoms with E-state index in [4.69, 9.17) is 5.26 Å². The molecule has 0 saturated heterocycles. The van der Waals surface area contributed by atoms with Crippen LogP contribution in [0.1, 0.15) is 11.1 Å². The maximum Gasteiger partial charge on any atom is 2.00 e. The van der Waals surface area contributed by atoms with Gasteiger partial charge in [-0.3, -0.25) is 0 Å². The molecule has 0 bridgehead atoms. The van der Waals surface area contributed by atoms with Crippen LogP contribution in [0.15, 0.2) is 18.2 Å². The molecule has 0 aliphatic heterocycles. The van der Waals surface area contributed by atoms with Crippen LogP contribution in [0.2, 0.25) is 0 Å². The molecule has 1 radical (unpaired) electrons. The first-order valence-corrected chi connectivity index (χ1v) is 3.74. The monoisotopic (exact) mass is 266 g/mol. The van der Waals surface area contributed by atoms with E-state index in [1.54, 1.807) is 0 Å². The third-order valence-electron chi connectivity index (χ3n) is 1.29. The number of hydrogen-bond donors (Lipinski definition) is 0. The molecule has 0 N–H and O–H groups in total. The molecule has 0 aromatic heterocycles. The Labute approximate surface area is 103 Å². The van der Waals surface area contributed by atoms with E-state index >= 15 is 0 Å². The Kier molecular flexibility index (Phi) is 8.26. The third-order valence-corrected chi connectivity index (χ3v) is 1.29. The van der Waals surface area contributed by atoms with Crippen molar-refractivity contribution in [3.8, 4) is 6.07 Å². The molecule has 0 aliphatic rings. The third kappa shape index (κ3) is 4.98. The maximum atomic E-state index is 12.1. The van der Waals surface area contributed by atoms with Gasteiger partial charge in [-0.15, -0.1) is 0 Å². The standard InChI is InChI=1S/C8H3F3N.CHS.V/c9-8(10,11)7-4-2-1-3-6(7)5-12;1-2;/h1,3-4H;1H;/q2*-1;+2. The van der Waals surface area contributed by atoms with Gasteiger partial charge in [0.15, 0.2) is 0 Å². The fraction of sp³-hybridized carbons (Fsp3) is 0.111. The minimum absolute atomic E-state index is 0. The van der Waals surface area contributed by atoms with Crippen molar-refractivity contribution in [2.75, 3.05) is 0 Å². The second-order valence-corrected chi connectivity index (χ2v) is 2.08. The summed E-state index contributed by atoms with van der Waals surface area (Å²) in [4.78, 5) is 0. The fourth-order valence-corrected chi connectivity index (χ4v) is 0.762. The zero-order valence-electron chi connectivity index (χ0n) is 7.25. The molecule has 0 saturated carbocycles. The van der Waals surface area contributed by atoms with Gasteiger partial charge >= 0.3 is 24.7 Å². The number of benzene rings is 1. The Morgan fingerprint density at radius 1 is 1.40 bits per heavy atom. The number of nitrogens with zero attached hydrogens (tertiary/aromatic N) is 1. The molecule has 15 heavy (non-hydrogen) atoms. The van der Waals surface area contributed by atoms with Crippen molar-refractivity contribution in [3.05, 3.63) is 35.4 Å². The summed E-state index contributed by atoms with van der Waals surface area (Å²) in [5, 5.41) is 8.32. The number of halogens is 3. The molecule has 0 heterocycles. The van der Waals surface area contributed by atoms with Crippen LogP contribution in [0.3, 0.4) is 0 Å². The van der Waals surface area contributed by atoms with Gasteiger partial charge in [-0.1, -0.05) is 0 Å². The van der Waals surface area contributed by atoms with Crippen molar-refractivity contribution in [2.45, 2.75) is 6.18 Å². The normalized spacial score (nSPS) is 8.93. The summed E-state index contributed by atoms with van der Waals surface area (Å²) in [6, 6.07) is 6.85. The van der Waals surface area contributed by atoms with Crippen molar-refractivity contribution in [1.82, 2.24) is 0 Å². The molecule has 0 amide bonds. The number of nitriles is 1. The van der Waals surface area contributed by atoms with Gasteiger partial charge in [0.05, 0.1) is 6.07 Å². The van der Waals surface area contributed by atoms with Crippen LogP contribution in [0.5, 0.6) is 0 Å². The van der Waals surface area contributed by atoms with E-state index in [0.717, 1.165) is 12.1 Å². The average molecular weight is 266 g/mol. The predicted octanol–water partition coefficient (Wildman–Crippen LogP) is 2.87. The van der Waals surface area contributed by atoms with Crippen LogP contribution in [0.25, 0.3) is 0 Å². The SMILES string of the molecule is N#Cc1cc[c-]cc1C(F)(F)F.[CH-]=S.[V+2]. The second kappa shape index (κ2) is 7.46. The first-order chi connectivity index (χ1) is 6.55. The number of hydrogen-bond acceptors (Lipinski definition) is 2. The maximum absolute atomic E-state index is 12.1. The Morgan fingerprint density at radius 2 is 1.93 bits per heavy atom. The van der Waals surface area contributed by atoms with Gasteiger partial charge in [0.2, 0.25) is 0 Å². The van der Waals surface area contributed by atoms with Crippen molar-refractivity contribution in [1.29, 1.82) is 5.26 Å². The molecular formula is C9H4F3NSV. The number of thiocarbonyl (C=S) groups is 1. The topological polar surface area (TPSA) is 23.8 Å². The quantitative estimate of drug-likeness (QED) is 0.532. The van der Waals surface area contributed by atoms with Gasteiger partial charge in [-0.25, -0.2) is 0 Å². The second-order valence-electron chi connectivity index (χ2n) is 2.08. The fourth-order valence-electron chi connectivity index (χ4n) is 0.762. The molecule has 0 unspecified atom stereocenters. The van der Waals surface area contributed by atoms with Gasteiger partial charge in [-0.2, -0.15) is 42.7 Å².